The second kappa shape index (κ2) is 16.8. The summed E-state index contributed by atoms with van der Waals surface area (Å²) >= 11 is 0. The number of rotatable bonds is 16. The van der Waals surface area contributed by atoms with Crippen LogP contribution in [0.5, 0.6) is 0 Å². The van der Waals surface area contributed by atoms with Gasteiger partial charge in [0.15, 0.2) is 11.6 Å². The van der Waals surface area contributed by atoms with Gasteiger partial charge in [-0.2, -0.15) is 0 Å². The van der Waals surface area contributed by atoms with Crippen molar-refractivity contribution in [3.05, 3.63) is 47.4 Å². The van der Waals surface area contributed by atoms with E-state index < -0.39 is 46.6 Å². The zero-order valence-electron chi connectivity index (χ0n) is 36.0. The Bertz CT molecular complexity index is 2080. The predicted octanol–water partition coefficient (Wildman–Crippen LogP) is 2.22. The highest BCUT2D eigenvalue weighted by atomic mass is 16.6. The molecule has 8 rings (SSSR count). The minimum Gasteiger partial charge on any atom is -0.423 e. The van der Waals surface area contributed by atoms with E-state index >= 15 is 0 Å². The van der Waals surface area contributed by atoms with Crippen molar-refractivity contribution in [3.63, 3.8) is 0 Å². The molecule has 328 valence electrons. The Morgan fingerprint density at radius 3 is 2.34 bits per heavy atom. The van der Waals surface area contributed by atoms with E-state index in [-0.39, 0.29) is 67.0 Å². The molecule has 0 aromatic carbocycles. The number of aliphatic hydroxyl groups excluding tert-OH is 2. The van der Waals surface area contributed by atoms with E-state index in [9.17, 15) is 29.4 Å². The molecule has 4 fully saturated rings. The lowest BCUT2D eigenvalue weighted by molar-refractivity contribution is -0.185. The molecule has 0 aromatic rings. The van der Waals surface area contributed by atoms with Crippen molar-refractivity contribution in [2.24, 2.45) is 42.6 Å². The van der Waals surface area contributed by atoms with E-state index in [4.69, 9.17) is 9.47 Å². The van der Waals surface area contributed by atoms with Gasteiger partial charge >= 0.3 is 5.97 Å². The van der Waals surface area contributed by atoms with E-state index in [1.165, 1.54) is 0 Å². The summed E-state index contributed by atoms with van der Waals surface area (Å²) < 4.78 is 12.5. The first-order valence-electron chi connectivity index (χ1n) is 21.8. The lowest BCUT2D eigenvalue weighted by Gasteiger charge is -2.63. The van der Waals surface area contributed by atoms with Crippen molar-refractivity contribution in [2.45, 2.75) is 128 Å². The van der Waals surface area contributed by atoms with Gasteiger partial charge in [0.25, 0.3) is 0 Å². The topological polar surface area (TPSA) is 210 Å². The number of carbonyl (C=O) groups excluding carboxylic acids is 4. The van der Waals surface area contributed by atoms with Gasteiger partial charge in [-0.15, -0.1) is 0 Å². The molecule has 0 aromatic heterocycles. The van der Waals surface area contributed by atoms with Crippen LogP contribution >= 0.6 is 0 Å². The summed E-state index contributed by atoms with van der Waals surface area (Å²) in [5.74, 6) is 0.0741. The zero-order valence-corrected chi connectivity index (χ0v) is 36.0. The van der Waals surface area contributed by atoms with Crippen LogP contribution < -0.4 is 10.6 Å². The minimum absolute atomic E-state index is 0.0130. The molecular formula is C45H60N8O8. The number of cyclic esters (lactones) is 1. The molecule has 16 nitrogen and oxygen atoms in total. The maximum absolute atomic E-state index is 14.1. The van der Waals surface area contributed by atoms with Gasteiger partial charge in [-0.05, 0) is 94.1 Å². The summed E-state index contributed by atoms with van der Waals surface area (Å²) in [5.41, 5.74) is -1.06. The molecule has 6 aliphatic heterocycles. The summed E-state index contributed by atoms with van der Waals surface area (Å²) in [6.07, 6.45) is 14.4. The van der Waals surface area contributed by atoms with Crippen LogP contribution in [-0.4, -0.2) is 149 Å². The number of esters is 1. The number of ketones is 2. The number of aliphatic hydroxyl groups is 2. The quantitative estimate of drug-likeness (QED) is 0.131. The number of likely N-dealkylation sites (N-methyl/N-ethyl adjacent to an activating group) is 1. The molecule has 9 unspecified atom stereocenters. The van der Waals surface area contributed by atoms with E-state index in [0.717, 1.165) is 0 Å². The largest absolute Gasteiger partial charge is 0.423 e. The number of allylic oxidation sites excluding steroid dienone is 4. The lowest BCUT2D eigenvalue weighted by Crippen LogP contribution is -2.68. The van der Waals surface area contributed by atoms with Crippen molar-refractivity contribution >= 4 is 47.5 Å². The molecule has 6 heterocycles. The Kier molecular flexibility index (Phi) is 11.9. The van der Waals surface area contributed by atoms with Crippen molar-refractivity contribution in [1.82, 2.24) is 20.4 Å². The molecular weight excluding hydrogens is 781 g/mol. The lowest BCUT2D eigenvalue weighted by atomic mass is 9.43. The predicted molar refractivity (Wildman–Crippen MR) is 229 cm³/mol. The van der Waals surface area contributed by atoms with Crippen LogP contribution in [0.4, 0.5) is 0 Å². The summed E-state index contributed by atoms with van der Waals surface area (Å²) in [7, 11) is 1.94. The second-order valence-electron chi connectivity index (χ2n) is 18.6. The van der Waals surface area contributed by atoms with Crippen LogP contribution in [-0.2, 0) is 28.7 Å². The van der Waals surface area contributed by atoms with Gasteiger partial charge in [-0.1, -0.05) is 26.8 Å². The monoisotopic (exact) mass is 840 g/mol. The maximum Gasteiger partial charge on any atom is 0.341 e. The molecule has 61 heavy (non-hydrogen) atoms. The standard InChI is InChI=1S/C45H60N8O8/c1-7-31-41(58)53-22-27(8-9-40(53)52(31)6)16-28-17-29(42(59)61-28)30(50-25(2)32(55)19-38-46-12-13-47-38)18-35-43(4)11-10-37(57)44(5,23-54)34(43)21-36(45(35)24-60-45)51-26(3)33(56)20-39-48-14-15-49-39/h8-9,12,14,16-17,22,25-26,30-31,34-37,40,50-51,54,57H,7,10-11,13,15,18-21,23-24H2,1-6H3/b28-16+/t25?,26?,30?,31?,34?,35?,36?,37-,40?,43+,44+,45?/m1/s1. The Balaban J connectivity index is 1.13. The van der Waals surface area contributed by atoms with E-state index in [1.807, 2.05) is 44.9 Å². The summed E-state index contributed by atoms with van der Waals surface area (Å²) in [6, 6.07) is -2.54. The number of nitrogens with zero attached hydrogens (tertiary/aromatic N) is 6. The fraction of sp³-hybridized carbons (Fsp3) is 0.644. The summed E-state index contributed by atoms with van der Waals surface area (Å²) in [4.78, 5) is 75.5. The SMILES string of the molecule is CCC1C(=O)N2C=C(/C=C3\C=C(C(CC4C5(CO5)C(NC(C)C(=O)CC5=NCC=N5)CC5[C@]4(C)CC[C@@H](O)[C@@]5(C)CO)NC(C)C(=O)CC4=NCC=N4)C(=O)O3)C=CC2N1C. The van der Waals surface area contributed by atoms with Crippen LogP contribution in [0.2, 0.25) is 0 Å². The molecule has 1 spiro atoms. The van der Waals surface area contributed by atoms with Crippen molar-refractivity contribution in [2.75, 3.05) is 33.4 Å². The van der Waals surface area contributed by atoms with Crippen LogP contribution in [0.25, 0.3) is 0 Å². The molecule has 16 heteroatoms. The number of aliphatic imine (C=N–C) groups is 4. The Morgan fingerprint density at radius 2 is 1.74 bits per heavy atom. The van der Waals surface area contributed by atoms with Gasteiger partial charge in [0.2, 0.25) is 5.91 Å². The second-order valence-corrected chi connectivity index (χ2v) is 18.6. The first-order chi connectivity index (χ1) is 29.1. The van der Waals surface area contributed by atoms with Crippen LogP contribution in [0.3, 0.4) is 0 Å². The number of epoxide rings is 1. The number of hydrogen-bond acceptors (Lipinski definition) is 15. The number of hydrogen-bond donors (Lipinski definition) is 4. The normalized spacial score (nSPS) is 37.3. The van der Waals surface area contributed by atoms with E-state index in [0.29, 0.717) is 80.4 Å². The molecule has 12 atom stereocenters. The summed E-state index contributed by atoms with van der Waals surface area (Å²) in [5, 5.41) is 29.7. The third-order valence-corrected chi connectivity index (χ3v) is 15.1. The Labute approximate surface area is 357 Å². The van der Waals surface area contributed by atoms with Gasteiger partial charge < -0.3 is 30.3 Å². The molecule has 2 saturated carbocycles. The highest BCUT2D eigenvalue weighted by Gasteiger charge is 2.71. The number of amidine groups is 2. The fourth-order valence-electron chi connectivity index (χ4n) is 11.4. The van der Waals surface area contributed by atoms with Gasteiger partial charge in [0.1, 0.15) is 29.2 Å². The highest BCUT2D eigenvalue weighted by molar-refractivity contribution is 6.08. The molecule has 0 bridgehead atoms. The average Bonchev–Trinajstić information content (AvgIpc) is 3.60. The van der Waals surface area contributed by atoms with Gasteiger partial charge in [-0.3, -0.25) is 34.2 Å². The number of carbonyl (C=O) groups is 4. The van der Waals surface area contributed by atoms with Crippen molar-refractivity contribution in [1.29, 1.82) is 0 Å². The fourth-order valence-corrected chi connectivity index (χ4v) is 11.4. The third-order valence-electron chi connectivity index (χ3n) is 15.1. The van der Waals surface area contributed by atoms with Crippen molar-refractivity contribution in [3.8, 4) is 0 Å². The van der Waals surface area contributed by atoms with Crippen LogP contribution in [0.15, 0.2) is 67.4 Å². The van der Waals surface area contributed by atoms with Crippen molar-refractivity contribution < 1.29 is 38.9 Å². The molecule has 0 radical (unpaired) electrons. The minimum atomic E-state index is -0.860. The number of nitrogens with one attached hydrogen (secondary N) is 2. The number of fused-ring (bicyclic) bond motifs is 2. The Hall–Kier alpha value is -4.32. The molecule has 8 aliphatic rings. The van der Waals surface area contributed by atoms with Gasteiger partial charge in [0, 0.05) is 36.1 Å². The summed E-state index contributed by atoms with van der Waals surface area (Å²) in [6.45, 7) is 10.8. The van der Waals surface area contributed by atoms with Gasteiger partial charge in [0.05, 0.1) is 68.9 Å². The number of Topliss-reactive ketones (excluding diaryl/α,β-unsaturated/α-hetero) is 2. The first kappa shape index (κ1) is 43.3. The van der Waals surface area contributed by atoms with E-state index in [1.54, 1.807) is 42.6 Å². The number of amides is 1. The maximum atomic E-state index is 14.1. The van der Waals surface area contributed by atoms with Gasteiger partial charge in [-0.25, -0.2) is 14.8 Å². The third kappa shape index (κ3) is 7.88. The number of ether oxygens (including phenoxy) is 2. The van der Waals surface area contributed by atoms with Crippen LogP contribution in [0.1, 0.15) is 79.6 Å². The molecule has 1 amide bonds. The molecule has 2 saturated heterocycles. The van der Waals surface area contributed by atoms with Crippen LogP contribution in [0, 0.1) is 22.7 Å². The van der Waals surface area contributed by atoms with E-state index in [2.05, 4.69) is 37.5 Å². The highest BCUT2D eigenvalue weighted by Crippen LogP contribution is 2.66. The first-order valence-corrected chi connectivity index (χ1v) is 21.8. The Morgan fingerprint density at radius 1 is 1.07 bits per heavy atom. The molecule has 4 N–H and O–H groups in total. The zero-order chi connectivity index (χ0) is 43.4. The molecule has 2 aliphatic carbocycles. The average molecular weight is 841 g/mol. The smallest absolute Gasteiger partial charge is 0.341 e.